The molecule has 32 heavy (non-hydrogen) atoms. The molecule has 0 spiro atoms. The number of aromatic nitrogens is 2. The van der Waals surface area contributed by atoms with Crippen LogP contribution in [0, 0.1) is 0 Å². The zero-order valence-electron chi connectivity index (χ0n) is 17.5. The number of hydrogen-bond acceptors (Lipinski definition) is 5. The molecule has 0 radical (unpaired) electrons. The third-order valence-electron chi connectivity index (χ3n) is 5.20. The van der Waals surface area contributed by atoms with E-state index in [-0.39, 0.29) is 18.4 Å². The molecule has 0 atom stereocenters. The van der Waals surface area contributed by atoms with Crippen molar-refractivity contribution in [2.45, 2.75) is 12.3 Å². The number of rotatable bonds is 8. The second-order valence-electron chi connectivity index (χ2n) is 7.35. The van der Waals surface area contributed by atoms with Crippen LogP contribution in [0.15, 0.2) is 91.3 Å². The molecule has 0 aliphatic carbocycles. The lowest BCUT2D eigenvalue weighted by Crippen LogP contribution is -2.30. The maximum Gasteiger partial charge on any atom is 0.338 e. The number of nitrogens with zero attached hydrogens (tertiary/aromatic N) is 2. The summed E-state index contributed by atoms with van der Waals surface area (Å²) < 4.78 is 5.17. The van der Waals surface area contributed by atoms with Gasteiger partial charge in [0.25, 0.3) is 5.91 Å². The minimum absolute atomic E-state index is 0.166. The molecule has 4 aromatic rings. The molecule has 0 aliphatic heterocycles. The molecule has 3 aromatic carbocycles. The molecule has 6 nitrogen and oxygen atoms in total. The molecule has 1 heterocycles. The highest BCUT2D eigenvalue weighted by Crippen LogP contribution is 2.27. The van der Waals surface area contributed by atoms with E-state index >= 15 is 0 Å². The molecule has 1 aromatic heterocycles. The van der Waals surface area contributed by atoms with Crippen molar-refractivity contribution in [1.82, 2.24) is 15.3 Å². The number of hydrogen-bond donors (Lipinski definition) is 1. The monoisotopic (exact) mass is 425 g/mol. The predicted molar refractivity (Wildman–Crippen MR) is 122 cm³/mol. The van der Waals surface area contributed by atoms with Crippen LogP contribution in [-0.4, -0.2) is 35.0 Å². The van der Waals surface area contributed by atoms with Gasteiger partial charge >= 0.3 is 5.97 Å². The second-order valence-corrected chi connectivity index (χ2v) is 7.35. The van der Waals surface area contributed by atoms with Crippen molar-refractivity contribution in [3.05, 3.63) is 108 Å². The zero-order valence-corrected chi connectivity index (χ0v) is 17.5. The van der Waals surface area contributed by atoms with Crippen molar-refractivity contribution in [1.29, 1.82) is 0 Å². The summed E-state index contributed by atoms with van der Waals surface area (Å²) in [7, 11) is 0. The third-order valence-corrected chi connectivity index (χ3v) is 5.20. The summed E-state index contributed by atoms with van der Waals surface area (Å²) >= 11 is 0. The van der Waals surface area contributed by atoms with Crippen molar-refractivity contribution >= 4 is 22.9 Å². The lowest BCUT2D eigenvalue weighted by atomic mass is 9.88. The highest BCUT2D eigenvalue weighted by atomic mass is 16.5. The number of amides is 1. The van der Waals surface area contributed by atoms with E-state index < -0.39 is 5.97 Å². The largest absolute Gasteiger partial charge is 0.452 e. The topological polar surface area (TPSA) is 81.2 Å². The lowest BCUT2D eigenvalue weighted by molar-refractivity contribution is -0.124. The molecular weight excluding hydrogens is 402 g/mol. The van der Waals surface area contributed by atoms with E-state index in [1.54, 1.807) is 30.6 Å². The number of esters is 1. The van der Waals surface area contributed by atoms with Gasteiger partial charge in [-0.1, -0.05) is 60.7 Å². The molecule has 160 valence electrons. The summed E-state index contributed by atoms with van der Waals surface area (Å²) in [5, 5.41) is 2.85. The van der Waals surface area contributed by atoms with E-state index in [1.807, 2.05) is 36.4 Å². The van der Waals surface area contributed by atoms with Crippen molar-refractivity contribution < 1.29 is 14.3 Å². The molecule has 6 heteroatoms. The minimum atomic E-state index is -0.570. The first kappa shape index (κ1) is 21.2. The van der Waals surface area contributed by atoms with Gasteiger partial charge in [-0.2, -0.15) is 0 Å². The van der Waals surface area contributed by atoms with Gasteiger partial charge in [-0.25, -0.2) is 4.79 Å². The predicted octanol–water partition coefficient (Wildman–Crippen LogP) is 4.13. The molecule has 4 rings (SSSR count). The normalized spacial score (nSPS) is 10.8. The zero-order chi connectivity index (χ0) is 22.2. The van der Waals surface area contributed by atoms with E-state index in [2.05, 4.69) is 39.6 Å². The van der Waals surface area contributed by atoms with E-state index in [1.165, 1.54) is 11.1 Å². The molecule has 0 saturated carbocycles. The molecule has 1 amide bonds. The van der Waals surface area contributed by atoms with Gasteiger partial charge < -0.3 is 10.1 Å². The van der Waals surface area contributed by atoms with Crippen LogP contribution in [0.25, 0.3) is 11.0 Å². The SMILES string of the molecule is O=C(COC(=O)c1ccc2nccnc2c1)NCCC(c1ccccc1)c1ccccc1. The van der Waals surface area contributed by atoms with Gasteiger partial charge in [-0.3, -0.25) is 14.8 Å². The molecule has 0 aliphatic rings. The Morgan fingerprint density at radius 1 is 0.812 bits per heavy atom. The Bertz CT molecular complexity index is 1160. The van der Waals surface area contributed by atoms with Crippen LogP contribution >= 0.6 is 0 Å². The molecule has 1 N–H and O–H groups in total. The first-order valence-electron chi connectivity index (χ1n) is 10.5. The Hall–Kier alpha value is -4.06. The summed E-state index contributed by atoms with van der Waals surface area (Å²) in [6, 6.07) is 25.3. The van der Waals surface area contributed by atoms with Crippen LogP contribution in [-0.2, 0) is 9.53 Å². The van der Waals surface area contributed by atoms with Gasteiger partial charge in [-0.15, -0.1) is 0 Å². The van der Waals surface area contributed by atoms with Crippen molar-refractivity contribution in [2.24, 2.45) is 0 Å². The Morgan fingerprint density at radius 3 is 2.09 bits per heavy atom. The van der Waals surface area contributed by atoms with Crippen LogP contribution in [0.1, 0.15) is 33.8 Å². The van der Waals surface area contributed by atoms with E-state index in [0.717, 1.165) is 6.42 Å². The summed E-state index contributed by atoms with van der Waals surface area (Å²) in [6.45, 7) is 0.134. The van der Waals surface area contributed by atoms with Gasteiger partial charge in [0.2, 0.25) is 0 Å². The molecule has 0 fully saturated rings. The quantitative estimate of drug-likeness (QED) is 0.430. The van der Waals surface area contributed by atoms with Crippen LogP contribution < -0.4 is 5.32 Å². The standard InChI is InChI=1S/C26H23N3O3/c30-25(18-32-26(31)21-11-12-23-24(17-21)28-16-15-27-23)29-14-13-22(19-7-3-1-4-8-19)20-9-5-2-6-10-20/h1-12,15-17,22H,13-14,18H2,(H,29,30). The first-order chi connectivity index (χ1) is 15.7. The third kappa shape index (κ3) is 5.35. The smallest absolute Gasteiger partial charge is 0.338 e. The summed E-state index contributed by atoms with van der Waals surface area (Å²) in [4.78, 5) is 32.9. The summed E-state index contributed by atoms with van der Waals surface area (Å²) in [6.07, 6.45) is 3.88. The maximum absolute atomic E-state index is 12.3. The fraction of sp³-hybridized carbons (Fsp3) is 0.154. The van der Waals surface area contributed by atoms with Gasteiger partial charge in [0, 0.05) is 24.9 Å². The average Bonchev–Trinajstić information content (AvgIpc) is 2.86. The number of nitrogens with one attached hydrogen (secondary N) is 1. The van der Waals surface area contributed by atoms with Crippen LogP contribution in [0.2, 0.25) is 0 Å². The van der Waals surface area contributed by atoms with Gasteiger partial charge in [-0.05, 0) is 35.7 Å². The number of benzene rings is 3. The van der Waals surface area contributed by atoms with Gasteiger partial charge in [0.15, 0.2) is 6.61 Å². The number of carbonyl (C=O) groups is 2. The van der Waals surface area contributed by atoms with Gasteiger partial charge in [0.05, 0.1) is 16.6 Å². The number of carbonyl (C=O) groups excluding carboxylic acids is 2. The van der Waals surface area contributed by atoms with Crippen molar-refractivity contribution in [3.63, 3.8) is 0 Å². The Labute approximate surface area is 186 Å². The Kier molecular flexibility index (Phi) is 6.82. The minimum Gasteiger partial charge on any atom is -0.452 e. The number of fused-ring (bicyclic) bond motifs is 1. The lowest BCUT2D eigenvalue weighted by Gasteiger charge is -2.18. The van der Waals surface area contributed by atoms with E-state index in [4.69, 9.17) is 4.74 Å². The fourth-order valence-corrected chi connectivity index (χ4v) is 3.61. The second kappa shape index (κ2) is 10.3. The average molecular weight is 425 g/mol. The maximum atomic E-state index is 12.3. The van der Waals surface area contributed by atoms with Crippen LogP contribution in [0.4, 0.5) is 0 Å². The molecule has 0 unspecified atom stereocenters. The van der Waals surface area contributed by atoms with Gasteiger partial charge in [0.1, 0.15) is 0 Å². The Balaban J connectivity index is 1.30. The number of ether oxygens (including phenoxy) is 1. The molecule has 0 saturated heterocycles. The molecular formula is C26H23N3O3. The van der Waals surface area contributed by atoms with Crippen LogP contribution in [0.3, 0.4) is 0 Å². The van der Waals surface area contributed by atoms with E-state index in [0.29, 0.717) is 23.1 Å². The highest BCUT2D eigenvalue weighted by Gasteiger charge is 2.15. The Morgan fingerprint density at radius 2 is 1.44 bits per heavy atom. The molecule has 0 bridgehead atoms. The highest BCUT2D eigenvalue weighted by molar-refractivity contribution is 5.94. The van der Waals surface area contributed by atoms with Crippen molar-refractivity contribution in [3.8, 4) is 0 Å². The fourth-order valence-electron chi connectivity index (χ4n) is 3.61. The van der Waals surface area contributed by atoms with Crippen LogP contribution in [0.5, 0.6) is 0 Å². The first-order valence-corrected chi connectivity index (χ1v) is 10.5. The summed E-state index contributed by atoms with van der Waals surface area (Å²) in [5.74, 6) is -0.739. The van der Waals surface area contributed by atoms with Crippen molar-refractivity contribution in [2.75, 3.05) is 13.2 Å². The van der Waals surface area contributed by atoms with E-state index in [9.17, 15) is 9.59 Å². The summed E-state index contributed by atoms with van der Waals surface area (Å²) in [5.41, 5.74) is 4.00.